The number of rotatable bonds is 6. The average Bonchev–Trinajstić information content (AvgIpc) is 3.24. The number of hydrogen-bond acceptors (Lipinski definition) is 2. The van der Waals surface area contributed by atoms with Gasteiger partial charge >= 0.3 is 0 Å². The first-order chi connectivity index (χ1) is 16.4. The van der Waals surface area contributed by atoms with Crippen LogP contribution in [0.4, 0.5) is 0 Å². The molecule has 1 aromatic heterocycles. The van der Waals surface area contributed by atoms with Crippen molar-refractivity contribution < 1.29 is 4.42 Å². The molecule has 0 amide bonds. The molecule has 2 aromatic carbocycles. The van der Waals surface area contributed by atoms with Crippen LogP contribution < -0.4 is 5.73 Å². The van der Waals surface area contributed by atoms with Gasteiger partial charge in [-0.25, -0.2) is 4.99 Å². The highest BCUT2D eigenvalue weighted by atomic mass is 16.3. The first-order valence-electron chi connectivity index (χ1n) is 12.3. The lowest BCUT2D eigenvalue weighted by Crippen LogP contribution is -2.19. The molecule has 0 bridgehead atoms. The molecular formula is C31H38N2O. The van der Waals surface area contributed by atoms with E-state index in [2.05, 4.69) is 55.8 Å². The topological polar surface area (TPSA) is 51.5 Å². The summed E-state index contributed by atoms with van der Waals surface area (Å²) in [6.07, 6.45) is 7.92. The molecule has 2 N–H and O–H groups in total. The Hall–Kier alpha value is -3.33. The molecule has 1 heterocycles. The normalized spacial score (nSPS) is 18.0. The summed E-state index contributed by atoms with van der Waals surface area (Å²) < 4.78 is 6.12. The molecule has 3 heteroatoms. The number of aliphatic imine (C=N–C) groups is 1. The summed E-state index contributed by atoms with van der Waals surface area (Å²) in [5.41, 5.74) is 12.2. The highest BCUT2D eigenvalue weighted by Crippen LogP contribution is 2.35. The van der Waals surface area contributed by atoms with Crippen molar-refractivity contribution in [3.05, 3.63) is 90.2 Å². The van der Waals surface area contributed by atoms with Crippen LogP contribution in [0.15, 0.2) is 94.0 Å². The third-order valence-corrected chi connectivity index (χ3v) is 6.48. The van der Waals surface area contributed by atoms with Crippen molar-refractivity contribution in [2.45, 2.75) is 53.9 Å². The smallest absolute Gasteiger partial charge is 0.135 e. The Kier molecular flexibility index (Phi) is 8.70. The molecule has 3 nitrogen and oxygen atoms in total. The van der Waals surface area contributed by atoms with Crippen molar-refractivity contribution in [1.82, 2.24) is 0 Å². The molecule has 1 saturated carbocycles. The molecule has 1 fully saturated rings. The van der Waals surface area contributed by atoms with Crippen LogP contribution in [0.25, 0.3) is 27.9 Å². The number of fused-ring (bicyclic) bond motifs is 1. The zero-order chi connectivity index (χ0) is 24.7. The summed E-state index contributed by atoms with van der Waals surface area (Å²) in [5.74, 6) is 3.46. The van der Waals surface area contributed by atoms with Crippen molar-refractivity contribution in [3.63, 3.8) is 0 Å². The third-order valence-electron chi connectivity index (χ3n) is 6.48. The number of amidine groups is 1. The minimum absolute atomic E-state index is 0.461. The van der Waals surface area contributed by atoms with Gasteiger partial charge in [0.25, 0.3) is 0 Å². The summed E-state index contributed by atoms with van der Waals surface area (Å²) in [6, 6.07) is 18.4. The van der Waals surface area contributed by atoms with Crippen molar-refractivity contribution in [1.29, 1.82) is 0 Å². The van der Waals surface area contributed by atoms with E-state index in [1.54, 1.807) is 0 Å². The van der Waals surface area contributed by atoms with Gasteiger partial charge in [0.2, 0.25) is 0 Å². The molecule has 0 aliphatic heterocycles. The molecule has 3 aromatic rings. The molecule has 1 aliphatic carbocycles. The van der Waals surface area contributed by atoms with E-state index < -0.39 is 0 Å². The van der Waals surface area contributed by atoms with Crippen molar-refractivity contribution in [2.24, 2.45) is 22.6 Å². The summed E-state index contributed by atoms with van der Waals surface area (Å²) in [6.45, 7) is 14.3. The number of nitrogens with two attached hydrogens (primary N) is 1. The van der Waals surface area contributed by atoms with Gasteiger partial charge in [0.1, 0.15) is 17.2 Å². The quantitative estimate of drug-likeness (QED) is 0.230. The van der Waals surface area contributed by atoms with Crippen LogP contribution in [-0.4, -0.2) is 5.84 Å². The lowest BCUT2D eigenvalue weighted by atomic mass is 9.75. The number of furan rings is 1. The van der Waals surface area contributed by atoms with E-state index in [0.29, 0.717) is 5.84 Å². The van der Waals surface area contributed by atoms with E-state index in [1.165, 1.54) is 25.5 Å². The minimum atomic E-state index is 0.461. The summed E-state index contributed by atoms with van der Waals surface area (Å²) >= 11 is 0. The van der Waals surface area contributed by atoms with Gasteiger partial charge in [-0.1, -0.05) is 81.0 Å². The summed E-state index contributed by atoms with van der Waals surface area (Å²) in [4.78, 5) is 4.18. The molecular weight excluding hydrogens is 416 g/mol. The van der Waals surface area contributed by atoms with Gasteiger partial charge in [0.15, 0.2) is 0 Å². The lowest BCUT2D eigenvalue weighted by Gasteiger charge is -2.31. The number of nitrogens with zero attached hydrogens (tertiary/aromatic N) is 1. The fraction of sp³-hybridized carbons (Fsp3) is 0.323. The van der Waals surface area contributed by atoms with Crippen LogP contribution in [0.3, 0.4) is 0 Å². The highest BCUT2D eigenvalue weighted by Gasteiger charge is 2.22. The van der Waals surface area contributed by atoms with Crippen LogP contribution in [0, 0.1) is 11.8 Å². The maximum Gasteiger partial charge on any atom is 0.135 e. The standard InChI is InChI=1S/C24H24N2O.C7H14/c1-5-20(23(16(3)4)24(25)26-6-2)18-12-13-19-15-21(27-22(19)14-18)17-10-8-7-9-11-17;1-3-7-4-6(2)5-7/h5-15H,2H2,1,3-4H3,(H2,25,26);6-7H,3-5H2,1-2H3/b20-5-;. The second-order valence-corrected chi connectivity index (χ2v) is 9.35. The van der Waals surface area contributed by atoms with Crippen LogP contribution in [0.2, 0.25) is 0 Å². The van der Waals surface area contributed by atoms with E-state index in [9.17, 15) is 0 Å². The van der Waals surface area contributed by atoms with E-state index in [1.807, 2.05) is 51.1 Å². The largest absolute Gasteiger partial charge is 0.456 e. The van der Waals surface area contributed by atoms with Crippen LogP contribution in [-0.2, 0) is 0 Å². The molecule has 0 spiro atoms. The lowest BCUT2D eigenvalue weighted by molar-refractivity contribution is 0.206. The summed E-state index contributed by atoms with van der Waals surface area (Å²) in [7, 11) is 0. The van der Waals surface area contributed by atoms with Crippen LogP contribution in [0.1, 0.15) is 59.4 Å². The minimum Gasteiger partial charge on any atom is -0.456 e. The molecule has 0 atom stereocenters. The fourth-order valence-corrected chi connectivity index (χ4v) is 4.63. The highest BCUT2D eigenvalue weighted by molar-refractivity contribution is 6.12. The Morgan fingerprint density at radius 1 is 1.12 bits per heavy atom. The van der Waals surface area contributed by atoms with Crippen LogP contribution >= 0.6 is 0 Å². The van der Waals surface area contributed by atoms with Gasteiger partial charge in [0, 0.05) is 22.7 Å². The van der Waals surface area contributed by atoms with Gasteiger partial charge in [-0.05, 0) is 68.7 Å². The molecule has 1 aliphatic rings. The van der Waals surface area contributed by atoms with Gasteiger partial charge in [-0.3, -0.25) is 0 Å². The third kappa shape index (κ3) is 5.96. The Bertz CT molecular complexity index is 1200. The predicted octanol–water partition coefficient (Wildman–Crippen LogP) is 8.78. The second-order valence-electron chi connectivity index (χ2n) is 9.35. The Morgan fingerprint density at radius 3 is 2.35 bits per heavy atom. The molecule has 34 heavy (non-hydrogen) atoms. The molecule has 0 saturated heterocycles. The number of allylic oxidation sites excluding steroid dienone is 2. The second kappa shape index (κ2) is 11.7. The first-order valence-corrected chi connectivity index (χ1v) is 12.3. The van der Waals surface area contributed by atoms with Crippen molar-refractivity contribution in [3.8, 4) is 11.3 Å². The maximum atomic E-state index is 6.19. The Labute approximate surface area is 204 Å². The van der Waals surface area contributed by atoms with Gasteiger partial charge in [0.05, 0.1) is 0 Å². The Balaban J connectivity index is 0.000000396. The summed E-state index contributed by atoms with van der Waals surface area (Å²) in [5, 5.41) is 1.07. The van der Waals surface area contributed by atoms with E-state index in [4.69, 9.17) is 10.2 Å². The van der Waals surface area contributed by atoms with Gasteiger partial charge in [-0.2, -0.15) is 0 Å². The average molecular weight is 455 g/mol. The Morgan fingerprint density at radius 2 is 1.82 bits per heavy atom. The molecule has 178 valence electrons. The maximum absolute atomic E-state index is 6.19. The van der Waals surface area contributed by atoms with E-state index in [0.717, 1.165) is 56.4 Å². The number of hydrogen-bond donors (Lipinski definition) is 1. The van der Waals surface area contributed by atoms with E-state index >= 15 is 0 Å². The number of benzene rings is 2. The SMILES string of the molecule is C=CN=C(N)C(=C(C)C)/C(=C\C)c1ccc2cc(-c3ccccc3)oc2c1.CCC1CC(C)C1. The fourth-order valence-electron chi connectivity index (χ4n) is 4.63. The monoisotopic (exact) mass is 454 g/mol. The molecule has 0 radical (unpaired) electrons. The van der Waals surface area contributed by atoms with Crippen molar-refractivity contribution in [2.75, 3.05) is 0 Å². The predicted molar refractivity (Wildman–Crippen MR) is 148 cm³/mol. The van der Waals surface area contributed by atoms with E-state index in [-0.39, 0.29) is 0 Å². The van der Waals surface area contributed by atoms with Crippen LogP contribution in [0.5, 0.6) is 0 Å². The van der Waals surface area contributed by atoms with Crippen molar-refractivity contribution >= 4 is 22.4 Å². The zero-order valence-corrected chi connectivity index (χ0v) is 21.3. The zero-order valence-electron chi connectivity index (χ0n) is 21.3. The molecule has 4 rings (SSSR count). The van der Waals surface area contributed by atoms with Gasteiger partial charge in [-0.15, -0.1) is 0 Å². The van der Waals surface area contributed by atoms with Gasteiger partial charge < -0.3 is 10.2 Å². The molecule has 0 unspecified atom stereocenters. The first kappa shape index (κ1) is 25.3.